The molecule has 134 valence electrons. The van der Waals surface area contributed by atoms with Crippen molar-refractivity contribution in [1.82, 2.24) is 4.72 Å². The van der Waals surface area contributed by atoms with Gasteiger partial charge in [0.15, 0.2) is 0 Å². The second-order valence-corrected chi connectivity index (χ2v) is 9.24. The maximum absolute atomic E-state index is 12.8. The van der Waals surface area contributed by atoms with Crippen LogP contribution in [0.5, 0.6) is 0 Å². The fourth-order valence-corrected chi connectivity index (χ4v) is 3.98. The number of aryl methyl sites for hydroxylation is 1. The summed E-state index contributed by atoms with van der Waals surface area (Å²) in [5.41, 5.74) is 2.75. The Morgan fingerprint density at radius 3 is 2.12 bits per heavy atom. The molecule has 2 aromatic carbocycles. The Hall–Kier alpha value is -1.91. The highest BCUT2D eigenvalue weighted by molar-refractivity contribution is 7.89. The van der Waals surface area contributed by atoms with Crippen LogP contribution in [0.15, 0.2) is 66.1 Å². The molecule has 0 fully saturated rings. The summed E-state index contributed by atoms with van der Waals surface area (Å²) in [5, 5.41) is 0. The first kappa shape index (κ1) is 19.4. The Balaban J connectivity index is 2.23. The van der Waals surface area contributed by atoms with Crippen LogP contribution in [0.25, 0.3) is 5.57 Å². The van der Waals surface area contributed by atoms with Gasteiger partial charge in [-0.25, -0.2) is 13.1 Å². The second-order valence-electron chi connectivity index (χ2n) is 7.53. The van der Waals surface area contributed by atoms with Gasteiger partial charge in [-0.2, -0.15) is 0 Å². The largest absolute Gasteiger partial charge is 0.240 e. The molecule has 0 radical (unpaired) electrons. The van der Waals surface area contributed by atoms with Crippen molar-refractivity contribution in [2.45, 2.75) is 45.1 Å². The van der Waals surface area contributed by atoms with Crippen molar-refractivity contribution in [3.8, 4) is 0 Å². The highest BCUT2D eigenvalue weighted by Gasteiger charge is 2.30. The lowest BCUT2D eigenvalue weighted by atomic mass is 9.83. The average Bonchev–Trinajstić information content (AvgIpc) is 2.54. The Labute approximate surface area is 151 Å². The molecule has 1 atom stereocenters. The van der Waals surface area contributed by atoms with Gasteiger partial charge in [0.2, 0.25) is 10.0 Å². The van der Waals surface area contributed by atoms with Crippen molar-refractivity contribution >= 4 is 15.6 Å². The van der Waals surface area contributed by atoms with Gasteiger partial charge < -0.3 is 0 Å². The molecule has 1 N–H and O–H groups in total. The monoisotopic (exact) mass is 357 g/mol. The van der Waals surface area contributed by atoms with Crippen molar-refractivity contribution in [3.63, 3.8) is 0 Å². The summed E-state index contributed by atoms with van der Waals surface area (Å²) in [6.07, 6.45) is 0.554. The van der Waals surface area contributed by atoms with Crippen LogP contribution in [-0.2, 0) is 10.0 Å². The molecule has 0 aliphatic rings. The van der Waals surface area contributed by atoms with Crippen molar-refractivity contribution in [1.29, 1.82) is 0 Å². The minimum atomic E-state index is -3.58. The highest BCUT2D eigenvalue weighted by Crippen LogP contribution is 2.29. The predicted octanol–water partition coefficient (Wildman–Crippen LogP) is 4.79. The lowest BCUT2D eigenvalue weighted by Gasteiger charge is -2.32. The molecular formula is C21H27NO2S. The third kappa shape index (κ3) is 5.28. The van der Waals surface area contributed by atoms with Crippen LogP contribution in [0.3, 0.4) is 0 Å². The van der Waals surface area contributed by atoms with Crippen molar-refractivity contribution < 1.29 is 8.42 Å². The van der Waals surface area contributed by atoms with Crippen molar-refractivity contribution in [2.75, 3.05) is 0 Å². The van der Waals surface area contributed by atoms with Crippen LogP contribution >= 0.6 is 0 Å². The summed E-state index contributed by atoms with van der Waals surface area (Å²) in [7, 11) is -3.58. The van der Waals surface area contributed by atoms with Gasteiger partial charge in [-0.05, 0) is 42.0 Å². The summed E-state index contributed by atoms with van der Waals surface area (Å²) < 4.78 is 28.4. The van der Waals surface area contributed by atoms with Gasteiger partial charge in [0.05, 0.1) is 4.90 Å². The Kier molecular flexibility index (Phi) is 5.86. The van der Waals surface area contributed by atoms with Crippen LogP contribution in [0, 0.1) is 12.3 Å². The molecule has 0 spiro atoms. The quantitative estimate of drug-likeness (QED) is 0.808. The van der Waals surface area contributed by atoms with E-state index in [1.165, 1.54) is 0 Å². The zero-order valence-corrected chi connectivity index (χ0v) is 16.2. The van der Waals surface area contributed by atoms with Crippen LogP contribution in [-0.4, -0.2) is 14.5 Å². The Morgan fingerprint density at radius 1 is 1.04 bits per heavy atom. The summed E-state index contributed by atoms with van der Waals surface area (Å²) in [6, 6.07) is 16.5. The number of hydrogen-bond donors (Lipinski definition) is 1. The van der Waals surface area contributed by atoms with Crippen molar-refractivity contribution in [2.24, 2.45) is 5.41 Å². The van der Waals surface area contributed by atoms with E-state index in [0.29, 0.717) is 6.42 Å². The van der Waals surface area contributed by atoms with Gasteiger partial charge in [-0.15, -0.1) is 0 Å². The minimum absolute atomic E-state index is 0.241. The Bertz CT molecular complexity index is 816. The molecule has 0 saturated heterocycles. The van der Waals surface area contributed by atoms with Gasteiger partial charge >= 0.3 is 0 Å². The van der Waals surface area contributed by atoms with E-state index < -0.39 is 10.0 Å². The van der Waals surface area contributed by atoms with E-state index in [-0.39, 0.29) is 16.4 Å². The summed E-state index contributed by atoms with van der Waals surface area (Å²) in [6.45, 7) is 12.2. The smallest absolute Gasteiger partial charge is 0.207 e. The molecule has 4 heteroatoms. The summed E-state index contributed by atoms with van der Waals surface area (Å²) in [4.78, 5) is 0.290. The average molecular weight is 358 g/mol. The van der Waals surface area contributed by atoms with Gasteiger partial charge in [0, 0.05) is 6.04 Å². The topological polar surface area (TPSA) is 46.2 Å². The molecule has 0 saturated carbocycles. The standard InChI is InChI=1S/C21H27NO2S/c1-16-11-13-19(14-12-16)25(23,24)22-20(21(3,4)5)15-17(2)18-9-7-6-8-10-18/h6-14,20,22H,2,15H2,1,3-5H3. The summed E-state index contributed by atoms with van der Waals surface area (Å²) in [5.74, 6) is 0. The van der Waals surface area contributed by atoms with E-state index in [1.54, 1.807) is 12.1 Å². The number of nitrogens with one attached hydrogen (secondary N) is 1. The molecule has 1 unspecified atom stereocenters. The first-order valence-corrected chi connectivity index (χ1v) is 9.90. The first-order valence-electron chi connectivity index (χ1n) is 8.42. The molecule has 2 rings (SSSR count). The van der Waals surface area contributed by atoms with Gasteiger partial charge in [-0.1, -0.05) is 75.4 Å². The zero-order chi connectivity index (χ0) is 18.7. The van der Waals surface area contributed by atoms with E-state index in [2.05, 4.69) is 11.3 Å². The second kappa shape index (κ2) is 7.54. The number of hydrogen-bond acceptors (Lipinski definition) is 2. The molecular weight excluding hydrogens is 330 g/mol. The maximum atomic E-state index is 12.8. The van der Waals surface area contributed by atoms with Crippen molar-refractivity contribution in [3.05, 3.63) is 72.3 Å². The molecule has 0 bridgehead atoms. The molecule has 0 aliphatic heterocycles. The zero-order valence-electron chi connectivity index (χ0n) is 15.4. The molecule has 0 heterocycles. The highest BCUT2D eigenvalue weighted by atomic mass is 32.2. The molecule has 0 aliphatic carbocycles. The lowest BCUT2D eigenvalue weighted by molar-refractivity contribution is 0.302. The van der Waals surface area contributed by atoms with E-state index in [0.717, 1.165) is 16.7 Å². The molecule has 2 aromatic rings. The van der Waals surface area contributed by atoms with Gasteiger partial charge in [0.1, 0.15) is 0 Å². The number of sulfonamides is 1. The number of benzene rings is 2. The van der Waals surface area contributed by atoms with E-state index in [4.69, 9.17) is 0 Å². The van der Waals surface area contributed by atoms with E-state index >= 15 is 0 Å². The number of rotatable bonds is 6. The third-order valence-corrected chi connectivity index (χ3v) is 5.79. The van der Waals surface area contributed by atoms with E-state index in [9.17, 15) is 8.42 Å². The van der Waals surface area contributed by atoms with Crippen LogP contribution in [0.2, 0.25) is 0 Å². The SMILES string of the molecule is C=C(CC(NS(=O)(=O)c1ccc(C)cc1)C(C)(C)C)c1ccccc1. The summed E-state index contributed by atoms with van der Waals surface area (Å²) >= 11 is 0. The molecule has 3 nitrogen and oxygen atoms in total. The third-order valence-electron chi connectivity index (χ3n) is 4.31. The maximum Gasteiger partial charge on any atom is 0.240 e. The molecule has 0 aromatic heterocycles. The Morgan fingerprint density at radius 2 is 1.60 bits per heavy atom. The first-order chi connectivity index (χ1) is 11.6. The minimum Gasteiger partial charge on any atom is -0.207 e. The van der Waals surface area contributed by atoms with E-state index in [1.807, 2.05) is 70.2 Å². The molecule has 0 amide bonds. The predicted molar refractivity (Wildman–Crippen MR) is 105 cm³/mol. The van der Waals surface area contributed by atoms with Gasteiger partial charge in [-0.3, -0.25) is 0 Å². The molecule has 25 heavy (non-hydrogen) atoms. The fraction of sp³-hybridized carbons (Fsp3) is 0.333. The van der Waals surface area contributed by atoms with Gasteiger partial charge in [0.25, 0.3) is 0 Å². The van der Waals surface area contributed by atoms with Crippen LogP contribution < -0.4 is 4.72 Å². The fourth-order valence-electron chi connectivity index (χ4n) is 2.54. The normalized spacial score (nSPS) is 13.4. The van der Waals surface area contributed by atoms with Crippen LogP contribution in [0.1, 0.15) is 38.3 Å². The van der Waals surface area contributed by atoms with Crippen LogP contribution in [0.4, 0.5) is 0 Å². The lowest BCUT2D eigenvalue weighted by Crippen LogP contribution is -2.43.